The van der Waals surface area contributed by atoms with E-state index in [9.17, 15) is 14.7 Å². The number of nitrogens with zero attached hydrogens (tertiary/aromatic N) is 1. The second-order valence-corrected chi connectivity index (χ2v) is 10.3. The van der Waals surface area contributed by atoms with Crippen molar-refractivity contribution in [1.82, 2.24) is 20.5 Å². The second-order valence-electron chi connectivity index (χ2n) is 9.33. The third-order valence-corrected chi connectivity index (χ3v) is 7.55. The quantitative estimate of drug-likeness (QED) is 0.217. The van der Waals surface area contributed by atoms with Gasteiger partial charge in [-0.05, 0) is 49.9 Å². The van der Waals surface area contributed by atoms with Gasteiger partial charge < -0.3 is 20.7 Å². The summed E-state index contributed by atoms with van der Waals surface area (Å²) in [5, 5.41) is 16.3. The van der Waals surface area contributed by atoms with E-state index in [1.807, 2.05) is 12.1 Å². The Labute approximate surface area is 217 Å². The SMILES string of the molecule is CCCC[C@@H](C)N(CCC(=O)NCCNCCc1ccc(O)c2[nH]c(=O)sc12)CCc1ccccc1. The highest BCUT2D eigenvalue weighted by Crippen LogP contribution is 2.27. The summed E-state index contributed by atoms with van der Waals surface area (Å²) in [5.74, 6) is 0.183. The van der Waals surface area contributed by atoms with E-state index in [0.29, 0.717) is 31.1 Å². The molecule has 0 spiro atoms. The molecule has 1 heterocycles. The van der Waals surface area contributed by atoms with Crippen LogP contribution in [0, 0.1) is 0 Å². The number of thiazole rings is 1. The molecule has 3 rings (SSSR count). The van der Waals surface area contributed by atoms with Crippen LogP contribution in [-0.4, -0.2) is 59.7 Å². The number of unbranched alkanes of at least 4 members (excludes halogenated alkanes) is 1. The van der Waals surface area contributed by atoms with Gasteiger partial charge in [0.2, 0.25) is 5.91 Å². The maximum Gasteiger partial charge on any atom is 0.305 e. The molecule has 0 bridgehead atoms. The van der Waals surface area contributed by atoms with Gasteiger partial charge in [0.1, 0.15) is 11.3 Å². The first kappa shape index (κ1) is 27.9. The third kappa shape index (κ3) is 8.76. The largest absolute Gasteiger partial charge is 0.506 e. The number of carbonyl (C=O) groups is 1. The van der Waals surface area contributed by atoms with Crippen molar-refractivity contribution in [1.29, 1.82) is 0 Å². The molecule has 8 heteroatoms. The molecule has 4 N–H and O–H groups in total. The van der Waals surface area contributed by atoms with Crippen LogP contribution in [-0.2, 0) is 17.6 Å². The fourth-order valence-corrected chi connectivity index (χ4v) is 5.29. The zero-order chi connectivity index (χ0) is 25.8. The van der Waals surface area contributed by atoms with Crippen molar-refractivity contribution >= 4 is 27.5 Å². The number of amides is 1. The molecule has 1 aromatic heterocycles. The van der Waals surface area contributed by atoms with E-state index >= 15 is 0 Å². The number of fused-ring (bicyclic) bond motifs is 1. The van der Waals surface area contributed by atoms with Gasteiger partial charge in [-0.1, -0.05) is 67.5 Å². The normalized spacial score (nSPS) is 12.3. The van der Waals surface area contributed by atoms with Crippen LogP contribution < -0.4 is 15.5 Å². The van der Waals surface area contributed by atoms with Crippen molar-refractivity contribution < 1.29 is 9.90 Å². The van der Waals surface area contributed by atoms with Crippen LogP contribution in [0.1, 0.15) is 50.7 Å². The van der Waals surface area contributed by atoms with Crippen molar-refractivity contribution in [2.75, 3.05) is 32.7 Å². The van der Waals surface area contributed by atoms with Crippen LogP contribution in [0.15, 0.2) is 47.3 Å². The van der Waals surface area contributed by atoms with E-state index in [-0.39, 0.29) is 16.5 Å². The van der Waals surface area contributed by atoms with Crippen LogP contribution in [0.4, 0.5) is 0 Å². The Balaban J connectivity index is 1.36. The number of aromatic hydroxyl groups is 1. The Morgan fingerprint density at radius 2 is 1.89 bits per heavy atom. The minimum absolute atomic E-state index is 0.0848. The average molecular weight is 513 g/mol. The van der Waals surface area contributed by atoms with E-state index in [0.717, 1.165) is 60.5 Å². The molecule has 1 atom stereocenters. The fourth-order valence-electron chi connectivity index (χ4n) is 4.39. The molecule has 196 valence electrons. The van der Waals surface area contributed by atoms with Gasteiger partial charge in [-0.15, -0.1) is 0 Å². The van der Waals surface area contributed by atoms with E-state index < -0.39 is 0 Å². The summed E-state index contributed by atoms with van der Waals surface area (Å²) in [4.78, 5) is 29.1. The minimum atomic E-state index is -0.165. The van der Waals surface area contributed by atoms with E-state index in [1.165, 1.54) is 18.4 Å². The molecule has 0 radical (unpaired) electrons. The van der Waals surface area contributed by atoms with Crippen LogP contribution in [0.5, 0.6) is 5.75 Å². The molecule has 0 fully saturated rings. The summed E-state index contributed by atoms with van der Waals surface area (Å²) in [5.41, 5.74) is 2.87. The van der Waals surface area contributed by atoms with Crippen LogP contribution in [0.25, 0.3) is 10.2 Å². The van der Waals surface area contributed by atoms with E-state index in [1.54, 1.807) is 6.07 Å². The maximum atomic E-state index is 12.5. The molecule has 2 aromatic carbocycles. The molecule has 0 aliphatic heterocycles. The van der Waals surface area contributed by atoms with Gasteiger partial charge in [0, 0.05) is 38.6 Å². The highest BCUT2D eigenvalue weighted by atomic mass is 32.1. The molecule has 0 aliphatic rings. The van der Waals surface area contributed by atoms with E-state index in [2.05, 4.69) is 58.6 Å². The Kier molecular flexibility index (Phi) is 11.5. The Bertz CT molecular complexity index is 1130. The average Bonchev–Trinajstić information content (AvgIpc) is 3.29. The molecule has 0 saturated heterocycles. The zero-order valence-electron chi connectivity index (χ0n) is 21.5. The lowest BCUT2D eigenvalue weighted by Gasteiger charge is -2.29. The van der Waals surface area contributed by atoms with Gasteiger partial charge in [-0.3, -0.25) is 14.5 Å². The first-order valence-electron chi connectivity index (χ1n) is 13.1. The lowest BCUT2D eigenvalue weighted by atomic mass is 10.1. The van der Waals surface area contributed by atoms with Gasteiger partial charge in [0.15, 0.2) is 0 Å². The number of aromatic nitrogens is 1. The smallest absolute Gasteiger partial charge is 0.305 e. The molecule has 0 unspecified atom stereocenters. The number of carbonyl (C=O) groups excluding carboxylic acids is 1. The van der Waals surface area contributed by atoms with Crippen LogP contribution in [0.2, 0.25) is 0 Å². The Morgan fingerprint density at radius 1 is 1.08 bits per heavy atom. The number of benzene rings is 2. The Morgan fingerprint density at radius 3 is 2.67 bits per heavy atom. The number of nitrogens with one attached hydrogen (secondary N) is 3. The number of phenolic OH excluding ortho intramolecular Hbond substituents is 1. The Hall–Kier alpha value is -2.68. The van der Waals surface area contributed by atoms with Crippen molar-refractivity contribution in [3.8, 4) is 5.75 Å². The number of rotatable bonds is 16. The number of H-pyrrole nitrogens is 1. The standard InChI is InChI=1S/C28H40N4O3S/c1-3-4-8-21(2)32(19-14-22-9-6-5-7-10-22)20-15-25(34)30-18-17-29-16-13-23-11-12-24(33)26-27(23)36-28(35)31-26/h5-7,9-12,21,29,33H,3-4,8,13-20H2,1-2H3,(H,30,34)(H,31,35)/t21-/m1/s1. The minimum Gasteiger partial charge on any atom is -0.506 e. The highest BCUT2D eigenvalue weighted by molar-refractivity contribution is 7.16. The molecule has 1 amide bonds. The molecule has 0 saturated carbocycles. The highest BCUT2D eigenvalue weighted by Gasteiger charge is 2.15. The number of phenols is 1. The molecular weight excluding hydrogens is 472 g/mol. The molecule has 3 aromatic rings. The summed E-state index contributed by atoms with van der Waals surface area (Å²) in [6.07, 6.45) is 5.79. The molecule has 7 nitrogen and oxygen atoms in total. The predicted molar refractivity (Wildman–Crippen MR) is 149 cm³/mol. The monoisotopic (exact) mass is 512 g/mol. The van der Waals surface area contributed by atoms with Crippen molar-refractivity contribution in [2.24, 2.45) is 0 Å². The summed E-state index contributed by atoms with van der Waals surface area (Å²) >= 11 is 1.12. The summed E-state index contributed by atoms with van der Waals surface area (Å²) in [7, 11) is 0. The molecule has 36 heavy (non-hydrogen) atoms. The summed E-state index contributed by atoms with van der Waals surface area (Å²) < 4.78 is 0.806. The number of hydrogen-bond acceptors (Lipinski definition) is 6. The first-order valence-corrected chi connectivity index (χ1v) is 13.9. The summed E-state index contributed by atoms with van der Waals surface area (Å²) in [6.45, 7) is 8.21. The second kappa shape index (κ2) is 14.8. The van der Waals surface area contributed by atoms with Crippen LogP contribution in [0.3, 0.4) is 0 Å². The predicted octanol–water partition coefficient (Wildman–Crippen LogP) is 4.06. The lowest BCUT2D eigenvalue weighted by molar-refractivity contribution is -0.121. The van der Waals surface area contributed by atoms with Gasteiger partial charge in [0.25, 0.3) is 0 Å². The molecule has 0 aliphatic carbocycles. The van der Waals surface area contributed by atoms with Crippen molar-refractivity contribution in [2.45, 2.75) is 58.4 Å². The van der Waals surface area contributed by atoms with Crippen molar-refractivity contribution in [3.63, 3.8) is 0 Å². The fraction of sp³-hybridized carbons (Fsp3) is 0.500. The van der Waals surface area contributed by atoms with Gasteiger partial charge in [0.05, 0.1) is 4.70 Å². The third-order valence-electron chi connectivity index (χ3n) is 6.59. The van der Waals surface area contributed by atoms with Crippen LogP contribution >= 0.6 is 11.3 Å². The van der Waals surface area contributed by atoms with Gasteiger partial charge in [-0.2, -0.15) is 0 Å². The van der Waals surface area contributed by atoms with Gasteiger partial charge >= 0.3 is 4.87 Å². The maximum absolute atomic E-state index is 12.5. The topological polar surface area (TPSA) is 97.5 Å². The van der Waals surface area contributed by atoms with E-state index in [4.69, 9.17) is 0 Å². The first-order chi connectivity index (χ1) is 17.5. The zero-order valence-corrected chi connectivity index (χ0v) is 22.3. The number of hydrogen-bond donors (Lipinski definition) is 4. The van der Waals surface area contributed by atoms with Crippen molar-refractivity contribution in [3.05, 3.63) is 63.3 Å². The van der Waals surface area contributed by atoms with Gasteiger partial charge in [-0.25, -0.2) is 0 Å². The lowest BCUT2D eigenvalue weighted by Crippen LogP contribution is -2.39. The summed E-state index contributed by atoms with van der Waals surface area (Å²) in [6, 6.07) is 14.5. The number of aromatic amines is 1. The molecular formula is C28H40N4O3S.